The summed E-state index contributed by atoms with van der Waals surface area (Å²) in [5, 5.41) is 8.11. The predicted octanol–water partition coefficient (Wildman–Crippen LogP) is 8.20. The number of Topliss-reactive ketones (excluding diaryl/α,β-unsaturated/α-hetero) is 1. The lowest BCUT2D eigenvalue weighted by atomic mass is 9.78. The molecule has 6 heteroatoms. The van der Waals surface area contributed by atoms with E-state index in [0.29, 0.717) is 39.6 Å². The van der Waals surface area contributed by atoms with Crippen LogP contribution < -0.4 is 10.6 Å². The van der Waals surface area contributed by atoms with Gasteiger partial charge in [0, 0.05) is 38.9 Å². The summed E-state index contributed by atoms with van der Waals surface area (Å²) < 4.78 is 0. The molecule has 1 aliphatic carbocycles. The van der Waals surface area contributed by atoms with E-state index in [1.165, 1.54) is 0 Å². The number of carbonyl (C=O) groups excluding carboxylic acids is 2. The Hall–Kier alpha value is -3.86. The van der Waals surface area contributed by atoms with Crippen molar-refractivity contribution in [2.24, 2.45) is 0 Å². The Morgan fingerprint density at radius 3 is 2.24 bits per heavy atom. The summed E-state index contributed by atoms with van der Waals surface area (Å²) in [5.74, 6) is 0.0457. The van der Waals surface area contributed by atoms with Crippen molar-refractivity contribution in [1.82, 2.24) is 0 Å². The summed E-state index contributed by atoms with van der Waals surface area (Å²) in [6, 6.07) is 29.7. The van der Waals surface area contributed by atoms with E-state index in [1.807, 2.05) is 72.8 Å². The van der Waals surface area contributed by atoms with E-state index in [0.717, 1.165) is 28.2 Å². The summed E-state index contributed by atoms with van der Waals surface area (Å²) in [5.41, 5.74) is 6.11. The highest BCUT2D eigenvalue weighted by molar-refractivity contribution is 6.35. The van der Waals surface area contributed by atoms with Crippen molar-refractivity contribution in [1.29, 1.82) is 0 Å². The second-order valence-electron chi connectivity index (χ2n) is 9.65. The van der Waals surface area contributed by atoms with Crippen LogP contribution in [0.5, 0.6) is 0 Å². The number of hydrogen-bond donors (Lipinski definition) is 2. The number of carbonyl (C=O) groups is 2. The lowest BCUT2D eigenvalue weighted by Crippen LogP contribution is -2.27. The van der Waals surface area contributed by atoms with Crippen LogP contribution in [0.1, 0.15) is 51.8 Å². The van der Waals surface area contributed by atoms with Gasteiger partial charge in [-0.1, -0.05) is 89.9 Å². The number of fused-ring (bicyclic) bond motifs is 1. The third-order valence-electron chi connectivity index (χ3n) is 7.24. The highest BCUT2D eigenvalue weighted by Crippen LogP contribution is 2.46. The SMILES string of the molecule is O=C1C[C@@H](c2ccccc2)CC2=C1[C@H](c1ccc(Cl)cc1Cl)Nc1ccc(C(=O)c3ccccc3)cc1N2. The van der Waals surface area contributed by atoms with Crippen LogP contribution in [0.15, 0.2) is 108 Å². The highest BCUT2D eigenvalue weighted by Gasteiger charge is 2.37. The number of benzene rings is 4. The second-order valence-corrected chi connectivity index (χ2v) is 10.5. The van der Waals surface area contributed by atoms with E-state index in [1.54, 1.807) is 12.1 Å². The van der Waals surface area contributed by atoms with Crippen molar-refractivity contribution < 1.29 is 9.59 Å². The number of allylic oxidation sites excluding steroid dienone is 1. The molecule has 2 atom stereocenters. The Morgan fingerprint density at radius 2 is 1.50 bits per heavy atom. The van der Waals surface area contributed by atoms with E-state index < -0.39 is 6.04 Å². The highest BCUT2D eigenvalue weighted by atomic mass is 35.5. The lowest BCUT2D eigenvalue weighted by molar-refractivity contribution is -0.116. The summed E-state index contributed by atoms with van der Waals surface area (Å²) in [4.78, 5) is 27.0. The second kappa shape index (κ2) is 10.1. The summed E-state index contributed by atoms with van der Waals surface area (Å²) in [6.45, 7) is 0. The molecular weight excluding hydrogens is 515 g/mol. The first kappa shape index (κ1) is 24.5. The van der Waals surface area contributed by atoms with Gasteiger partial charge in [0.15, 0.2) is 11.6 Å². The normalized spacial score (nSPS) is 18.5. The largest absolute Gasteiger partial charge is 0.372 e. The Morgan fingerprint density at radius 1 is 0.763 bits per heavy atom. The third-order valence-corrected chi connectivity index (χ3v) is 7.81. The minimum Gasteiger partial charge on any atom is -0.372 e. The lowest BCUT2D eigenvalue weighted by Gasteiger charge is -2.30. The van der Waals surface area contributed by atoms with Gasteiger partial charge < -0.3 is 10.6 Å². The monoisotopic (exact) mass is 538 g/mol. The summed E-state index contributed by atoms with van der Waals surface area (Å²) >= 11 is 12.8. The smallest absolute Gasteiger partial charge is 0.193 e. The third kappa shape index (κ3) is 4.62. The number of rotatable bonds is 4. The average molecular weight is 539 g/mol. The van der Waals surface area contributed by atoms with Crippen molar-refractivity contribution >= 4 is 46.1 Å². The van der Waals surface area contributed by atoms with E-state index in [4.69, 9.17) is 23.2 Å². The zero-order valence-corrected chi connectivity index (χ0v) is 21.9. The van der Waals surface area contributed by atoms with Crippen molar-refractivity contribution in [3.05, 3.63) is 141 Å². The number of hydrogen-bond acceptors (Lipinski definition) is 4. The molecule has 2 N–H and O–H groups in total. The standard InChI is InChI=1S/C32H24Cl2N2O2/c33-23-12-13-24(25(34)18-23)31-30-28(16-22(17-29(30)37)19-7-3-1-4-8-19)35-27-15-21(11-14-26(27)36-31)32(38)20-9-5-2-6-10-20/h1-15,18,22,31,35-36H,16-17H2/t22-,31-/m0/s1. The summed E-state index contributed by atoms with van der Waals surface area (Å²) in [6.07, 6.45) is 1.06. The minimum absolute atomic E-state index is 0.0481. The Bertz CT molecular complexity index is 1580. The zero-order valence-electron chi connectivity index (χ0n) is 20.4. The predicted molar refractivity (Wildman–Crippen MR) is 153 cm³/mol. The van der Waals surface area contributed by atoms with Crippen LogP contribution in [0.4, 0.5) is 11.4 Å². The van der Waals surface area contributed by atoms with Gasteiger partial charge in [-0.3, -0.25) is 9.59 Å². The molecule has 4 nitrogen and oxygen atoms in total. The van der Waals surface area contributed by atoms with Crippen molar-refractivity contribution in [3.63, 3.8) is 0 Å². The van der Waals surface area contributed by atoms with Crippen LogP contribution >= 0.6 is 23.2 Å². The molecule has 4 aromatic carbocycles. The average Bonchev–Trinajstić information content (AvgIpc) is 3.10. The van der Waals surface area contributed by atoms with E-state index >= 15 is 0 Å². The molecule has 1 aliphatic heterocycles. The van der Waals surface area contributed by atoms with Gasteiger partial charge in [0.2, 0.25) is 0 Å². The van der Waals surface area contributed by atoms with Crippen LogP contribution in [0.3, 0.4) is 0 Å². The molecule has 0 unspecified atom stereocenters. The molecule has 2 aliphatic rings. The van der Waals surface area contributed by atoms with Gasteiger partial charge in [0.1, 0.15) is 0 Å². The van der Waals surface area contributed by atoms with Gasteiger partial charge in [-0.15, -0.1) is 0 Å². The first-order valence-corrected chi connectivity index (χ1v) is 13.3. The number of ketones is 2. The van der Waals surface area contributed by atoms with Crippen LogP contribution in [-0.4, -0.2) is 11.6 Å². The first-order chi connectivity index (χ1) is 18.5. The maximum Gasteiger partial charge on any atom is 0.193 e. The van der Waals surface area contributed by atoms with Crippen molar-refractivity contribution in [3.8, 4) is 0 Å². The van der Waals surface area contributed by atoms with Gasteiger partial charge in [-0.05, 0) is 53.8 Å². The first-order valence-electron chi connectivity index (χ1n) is 12.5. The molecular formula is C32H24Cl2N2O2. The van der Waals surface area contributed by atoms with E-state index in [2.05, 4.69) is 22.8 Å². The molecule has 1 heterocycles. The van der Waals surface area contributed by atoms with E-state index in [-0.39, 0.29) is 17.5 Å². The maximum absolute atomic E-state index is 13.8. The van der Waals surface area contributed by atoms with Crippen LogP contribution in [0, 0.1) is 0 Å². The number of nitrogens with one attached hydrogen (secondary N) is 2. The molecule has 4 aromatic rings. The minimum atomic E-state index is -0.469. The van der Waals surface area contributed by atoms with E-state index in [9.17, 15) is 9.59 Å². The van der Waals surface area contributed by atoms with Crippen LogP contribution in [0.2, 0.25) is 10.0 Å². The Labute approximate surface area is 231 Å². The van der Waals surface area contributed by atoms with Crippen LogP contribution in [0.25, 0.3) is 0 Å². The molecule has 188 valence electrons. The molecule has 0 radical (unpaired) electrons. The van der Waals surface area contributed by atoms with Crippen molar-refractivity contribution in [2.45, 2.75) is 24.8 Å². The molecule has 0 fully saturated rings. The van der Waals surface area contributed by atoms with Crippen LogP contribution in [-0.2, 0) is 4.79 Å². The maximum atomic E-state index is 13.8. The number of anilines is 2. The van der Waals surface area contributed by atoms with Gasteiger partial charge in [-0.2, -0.15) is 0 Å². The summed E-state index contributed by atoms with van der Waals surface area (Å²) in [7, 11) is 0. The Kier molecular flexibility index (Phi) is 6.52. The molecule has 0 saturated heterocycles. The van der Waals surface area contributed by atoms with Crippen molar-refractivity contribution in [2.75, 3.05) is 10.6 Å². The quantitative estimate of drug-likeness (QED) is 0.257. The fourth-order valence-electron chi connectivity index (χ4n) is 5.38. The molecule has 38 heavy (non-hydrogen) atoms. The van der Waals surface area contributed by atoms with Gasteiger partial charge in [-0.25, -0.2) is 0 Å². The molecule has 0 amide bonds. The Balaban J connectivity index is 1.46. The topological polar surface area (TPSA) is 58.2 Å². The molecule has 0 bridgehead atoms. The molecule has 0 saturated carbocycles. The number of halogens is 2. The van der Waals surface area contributed by atoms with Gasteiger partial charge in [0.05, 0.1) is 17.4 Å². The fraction of sp³-hybridized carbons (Fsp3) is 0.125. The fourth-order valence-corrected chi connectivity index (χ4v) is 5.89. The van der Waals surface area contributed by atoms with Gasteiger partial charge in [0.25, 0.3) is 0 Å². The molecule has 0 aromatic heterocycles. The molecule has 6 rings (SSSR count). The molecule has 0 spiro atoms. The van der Waals surface area contributed by atoms with Gasteiger partial charge >= 0.3 is 0 Å². The zero-order chi connectivity index (χ0) is 26.2.